The molecule has 154 valence electrons. The van der Waals surface area contributed by atoms with Crippen LogP contribution >= 0.6 is 24.0 Å². The Bertz CT molecular complexity index is 928. The van der Waals surface area contributed by atoms with E-state index in [0.717, 1.165) is 29.9 Å². The van der Waals surface area contributed by atoms with Crippen LogP contribution in [-0.2, 0) is 11.3 Å². The largest absolute Gasteiger partial charge is 0.358 e. The number of amides is 1. The average molecular weight is 433 g/mol. The summed E-state index contributed by atoms with van der Waals surface area (Å²) < 4.78 is 15.8. The van der Waals surface area contributed by atoms with Crippen molar-refractivity contribution in [3.05, 3.63) is 52.5 Å². The molecule has 1 aromatic carbocycles. The number of rotatable bonds is 7. The number of halogens is 1. The molecule has 5 nitrogen and oxygen atoms in total. The van der Waals surface area contributed by atoms with Gasteiger partial charge in [-0.15, -0.1) is 0 Å². The molecule has 0 aliphatic heterocycles. The van der Waals surface area contributed by atoms with Gasteiger partial charge in [0.05, 0.1) is 11.3 Å². The van der Waals surface area contributed by atoms with Gasteiger partial charge in [0.1, 0.15) is 22.0 Å². The zero-order valence-electron chi connectivity index (χ0n) is 17.1. The molecule has 1 amide bonds. The second-order valence-corrected chi connectivity index (χ2v) is 8.14. The quantitative estimate of drug-likeness (QED) is 0.655. The zero-order valence-corrected chi connectivity index (χ0v) is 18.7. The molecule has 1 heterocycles. The van der Waals surface area contributed by atoms with E-state index in [0.29, 0.717) is 22.2 Å². The van der Waals surface area contributed by atoms with Gasteiger partial charge in [0.2, 0.25) is 5.91 Å². The van der Waals surface area contributed by atoms with Crippen molar-refractivity contribution in [2.75, 3.05) is 24.2 Å². The van der Waals surface area contributed by atoms with Gasteiger partial charge in [-0.1, -0.05) is 36.1 Å². The fourth-order valence-corrected chi connectivity index (χ4v) is 4.17. The number of anilines is 1. The maximum Gasteiger partial charge on any atom is 0.235 e. The predicted octanol–water partition coefficient (Wildman–Crippen LogP) is 4.46. The summed E-state index contributed by atoms with van der Waals surface area (Å²) in [7, 11) is 0. The lowest BCUT2D eigenvalue weighted by Gasteiger charge is -2.20. The lowest BCUT2D eigenvalue weighted by Crippen LogP contribution is -2.28. The van der Waals surface area contributed by atoms with Crippen molar-refractivity contribution in [3.63, 3.8) is 0 Å². The van der Waals surface area contributed by atoms with Gasteiger partial charge in [-0.2, -0.15) is 5.26 Å². The average Bonchev–Trinajstić information content (AvgIpc) is 2.92. The molecule has 0 saturated heterocycles. The zero-order chi connectivity index (χ0) is 21.6. The fraction of sp³-hybridized carbons (Fsp3) is 0.381. The fourth-order valence-electron chi connectivity index (χ4n) is 2.97. The molecule has 2 aromatic rings. The first-order chi connectivity index (χ1) is 13.8. The lowest BCUT2D eigenvalue weighted by molar-refractivity contribution is -0.113. The minimum absolute atomic E-state index is 0.167. The number of nitriles is 1. The molecule has 0 bridgehead atoms. The summed E-state index contributed by atoms with van der Waals surface area (Å²) >= 11 is 6.68. The molecule has 2 rings (SSSR count). The van der Waals surface area contributed by atoms with Crippen LogP contribution in [0.5, 0.6) is 0 Å². The van der Waals surface area contributed by atoms with E-state index in [-0.39, 0.29) is 17.5 Å². The molecule has 0 spiro atoms. The minimum atomic E-state index is -0.304. The summed E-state index contributed by atoms with van der Waals surface area (Å²) in [6.45, 7) is 9.81. The van der Waals surface area contributed by atoms with Gasteiger partial charge in [-0.3, -0.25) is 4.79 Å². The molecule has 0 fully saturated rings. The second kappa shape index (κ2) is 10.4. The molecule has 8 heteroatoms. The molecule has 0 atom stereocenters. The number of carbonyl (C=O) groups is 1. The highest BCUT2D eigenvalue weighted by molar-refractivity contribution is 8.23. The van der Waals surface area contributed by atoms with Crippen LogP contribution in [0.4, 0.5) is 10.2 Å². The van der Waals surface area contributed by atoms with E-state index in [1.165, 1.54) is 23.9 Å². The summed E-state index contributed by atoms with van der Waals surface area (Å²) in [5, 5.41) is 12.5. The molecule has 1 N–H and O–H groups in total. The topological polar surface area (TPSA) is 61.1 Å². The van der Waals surface area contributed by atoms with Gasteiger partial charge in [-0.25, -0.2) is 4.39 Å². The SMILES string of the molecule is CCN(CC)C(=S)SCC(=O)Nc1c(C#N)c(C)c(C)n1Cc1ccc(F)cc1. The third kappa shape index (κ3) is 5.58. The Morgan fingerprint density at radius 3 is 2.45 bits per heavy atom. The van der Waals surface area contributed by atoms with Gasteiger partial charge in [0.25, 0.3) is 0 Å². The van der Waals surface area contributed by atoms with E-state index >= 15 is 0 Å². The molecular weight excluding hydrogens is 407 g/mol. The van der Waals surface area contributed by atoms with Gasteiger partial charge in [0, 0.05) is 25.3 Å². The molecule has 1 aromatic heterocycles. The standard InChI is InChI=1S/C21H25FN4OS2/c1-5-25(6-2)21(28)29-13-19(27)24-20-18(11-23)14(3)15(4)26(20)12-16-7-9-17(22)10-8-16/h7-10H,5-6,12-13H2,1-4H3,(H,24,27). The minimum Gasteiger partial charge on any atom is -0.358 e. The Labute approximate surface area is 180 Å². The summed E-state index contributed by atoms with van der Waals surface area (Å²) in [4.78, 5) is 14.6. The lowest BCUT2D eigenvalue weighted by atomic mass is 10.2. The number of aromatic nitrogens is 1. The van der Waals surface area contributed by atoms with Crippen molar-refractivity contribution < 1.29 is 9.18 Å². The molecule has 0 radical (unpaired) electrons. The Balaban J connectivity index is 2.21. The van der Waals surface area contributed by atoms with Crippen LogP contribution in [0.15, 0.2) is 24.3 Å². The van der Waals surface area contributed by atoms with E-state index in [1.54, 1.807) is 12.1 Å². The highest BCUT2D eigenvalue weighted by Gasteiger charge is 2.20. The molecule has 0 saturated carbocycles. The van der Waals surface area contributed by atoms with E-state index in [2.05, 4.69) is 11.4 Å². The third-order valence-electron chi connectivity index (χ3n) is 4.80. The van der Waals surface area contributed by atoms with E-state index < -0.39 is 0 Å². The van der Waals surface area contributed by atoms with Crippen LogP contribution in [0.3, 0.4) is 0 Å². The summed E-state index contributed by atoms with van der Waals surface area (Å²) in [5.41, 5.74) is 3.01. The normalized spacial score (nSPS) is 10.5. The monoisotopic (exact) mass is 432 g/mol. The van der Waals surface area contributed by atoms with Crippen molar-refractivity contribution in [1.82, 2.24) is 9.47 Å². The molecule has 0 aliphatic rings. The van der Waals surface area contributed by atoms with Gasteiger partial charge in [0.15, 0.2) is 0 Å². The number of nitrogens with zero attached hydrogens (tertiary/aromatic N) is 3. The first-order valence-corrected chi connectivity index (χ1v) is 10.8. The van der Waals surface area contributed by atoms with Crippen LogP contribution in [0.25, 0.3) is 0 Å². The second-order valence-electron chi connectivity index (χ2n) is 6.53. The van der Waals surface area contributed by atoms with Crippen molar-refractivity contribution in [2.45, 2.75) is 34.2 Å². The summed E-state index contributed by atoms with van der Waals surface area (Å²) in [5.74, 6) is 0.103. The number of thiocarbonyl (C=S) groups is 1. The van der Waals surface area contributed by atoms with Crippen molar-refractivity contribution in [2.24, 2.45) is 0 Å². The van der Waals surface area contributed by atoms with Crippen molar-refractivity contribution in [1.29, 1.82) is 5.26 Å². The Morgan fingerprint density at radius 2 is 1.90 bits per heavy atom. The molecule has 0 unspecified atom stereocenters. The smallest absolute Gasteiger partial charge is 0.235 e. The van der Waals surface area contributed by atoms with Gasteiger partial charge in [-0.05, 0) is 51.0 Å². The van der Waals surface area contributed by atoms with Crippen molar-refractivity contribution in [3.8, 4) is 6.07 Å². The van der Waals surface area contributed by atoms with Crippen LogP contribution in [0.2, 0.25) is 0 Å². The van der Waals surface area contributed by atoms with Crippen LogP contribution in [0, 0.1) is 31.0 Å². The Hall–Kier alpha value is -2.37. The molecular formula is C21H25FN4OS2. The number of nitrogens with one attached hydrogen (secondary N) is 1. The Morgan fingerprint density at radius 1 is 1.28 bits per heavy atom. The highest BCUT2D eigenvalue weighted by atomic mass is 32.2. The molecule has 29 heavy (non-hydrogen) atoms. The first kappa shape index (κ1) is 22.9. The van der Waals surface area contributed by atoms with E-state index in [1.807, 2.05) is 37.2 Å². The number of hydrogen-bond donors (Lipinski definition) is 1. The van der Waals surface area contributed by atoms with Gasteiger partial charge >= 0.3 is 0 Å². The van der Waals surface area contributed by atoms with Crippen LogP contribution in [0.1, 0.15) is 36.2 Å². The molecule has 0 aliphatic carbocycles. The van der Waals surface area contributed by atoms with Crippen molar-refractivity contribution >= 4 is 40.0 Å². The number of benzene rings is 1. The van der Waals surface area contributed by atoms with Crippen LogP contribution in [-0.4, -0.2) is 38.5 Å². The Kier molecular flexibility index (Phi) is 8.23. The maximum absolute atomic E-state index is 13.2. The number of thioether (sulfide) groups is 1. The van der Waals surface area contributed by atoms with E-state index in [9.17, 15) is 14.4 Å². The number of carbonyl (C=O) groups excluding carboxylic acids is 1. The van der Waals surface area contributed by atoms with E-state index in [4.69, 9.17) is 12.2 Å². The highest BCUT2D eigenvalue weighted by Crippen LogP contribution is 2.27. The summed E-state index contributed by atoms with van der Waals surface area (Å²) in [6, 6.07) is 8.38. The summed E-state index contributed by atoms with van der Waals surface area (Å²) in [6.07, 6.45) is 0. The maximum atomic E-state index is 13.2. The van der Waals surface area contributed by atoms with Gasteiger partial charge < -0.3 is 14.8 Å². The predicted molar refractivity (Wildman–Crippen MR) is 121 cm³/mol. The third-order valence-corrected chi connectivity index (χ3v) is 6.32. The van der Waals surface area contributed by atoms with Crippen LogP contribution < -0.4 is 5.32 Å². The number of hydrogen-bond acceptors (Lipinski definition) is 4. The first-order valence-electron chi connectivity index (χ1n) is 9.38.